The summed E-state index contributed by atoms with van der Waals surface area (Å²) in [6, 6.07) is 5.67. The van der Waals surface area contributed by atoms with E-state index in [1.165, 1.54) is 24.3 Å². The molecule has 1 saturated heterocycles. The monoisotopic (exact) mass is 301 g/mol. The van der Waals surface area contributed by atoms with E-state index in [1.54, 1.807) is 0 Å². The summed E-state index contributed by atoms with van der Waals surface area (Å²) >= 11 is 0. The first kappa shape index (κ1) is 15.6. The molecule has 1 heterocycles. The largest absolute Gasteiger partial charge is 0.462 e. The van der Waals surface area contributed by atoms with Crippen LogP contribution >= 0.6 is 0 Å². The zero-order valence-corrected chi connectivity index (χ0v) is 10.8. The summed E-state index contributed by atoms with van der Waals surface area (Å²) in [5.41, 5.74) is 0. The Bertz CT molecular complexity index is 465. The average molecular weight is 301 g/mol. The van der Waals surface area contributed by atoms with Crippen molar-refractivity contribution in [3.05, 3.63) is 29.2 Å². The third kappa shape index (κ3) is 3.46. The quantitative estimate of drug-likeness (QED) is 0.398. The second-order valence-corrected chi connectivity index (χ2v) is 4.45. The summed E-state index contributed by atoms with van der Waals surface area (Å²) in [5.74, 6) is 0.462. The predicted octanol–water partition coefficient (Wildman–Crippen LogP) is -1.07. The van der Waals surface area contributed by atoms with Gasteiger partial charge in [0.1, 0.15) is 30.2 Å². The van der Waals surface area contributed by atoms with Crippen LogP contribution in [0.2, 0.25) is 0 Å². The predicted molar refractivity (Wildman–Crippen MR) is 67.3 cm³/mol. The number of rotatable bonds is 5. The molecule has 0 unspecified atom stereocenters. The highest BCUT2D eigenvalue weighted by Gasteiger charge is 2.44. The van der Waals surface area contributed by atoms with Gasteiger partial charge in [0, 0.05) is 0 Å². The SMILES string of the molecule is O=NOc1ccc(O[C@@H]2O[C@H](CO)[C@H](O)[C@H](O)[C@H]2O)cc1. The van der Waals surface area contributed by atoms with Crippen LogP contribution in [0.25, 0.3) is 0 Å². The van der Waals surface area contributed by atoms with E-state index in [-0.39, 0.29) is 11.5 Å². The molecule has 116 valence electrons. The Hall–Kier alpha value is -1.78. The van der Waals surface area contributed by atoms with Crippen molar-refractivity contribution in [1.82, 2.24) is 0 Å². The summed E-state index contributed by atoms with van der Waals surface area (Å²) in [5, 5.41) is 40.4. The fourth-order valence-corrected chi connectivity index (χ4v) is 1.92. The number of aliphatic hydroxyl groups is 4. The van der Waals surface area contributed by atoms with Crippen LogP contribution in [-0.2, 0) is 4.74 Å². The fourth-order valence-electron chi connectivity index (χ4n) is 1.92. The van der Waals surface area contributed by atoms with Crippen molar-refractivity contribution in [1.29, 1.82) is 0 Å². The summed E-state index contributed by atoms with van der Waals surface area (Å²) in [6.45, 7) is -0.539. The molecule has 0 bridgehead atoms. The van der Waals surface area contributed by atoms with Crippen LogP contribution in [0, 0.1) is 4.91 Å². The number of benzene rings is 1. The molecule has 1 aromatic rings. The maximum atomic E-state index is 9.92. The molecule has 0 amide bonds. The Morgan fingerprint density at radius 3 is 2.24 bits per heavy atom. The molecule has 1 aliphatic rings. The van der Waals surface area contributed by atoms with E-state index in [2.05, 4.69) is 10.2 Å². The van der Waals surface area contributed by atoms with E-state index < -0.39 is 37.3 Å². The Labute approximate surface area is 119 Å². The highest BCUT2D eigenvalue weighted by atomic mass is 16.7. The van der Waals surface area contributed by atoms with E-state index in [4.69, 9.17) is 14.6 Å². The van der Waals surface area contributed by atoms with Gasteiger partial charge in [-0.05, 0) is 24.3 Å². The van der Waals surface area contributed by atoms with E-state index in [0.29, 0.717) is 0 Å². The van der Waals surface area contributed by atoms with Crippen LogP contribution in [0.1, 0.15) is 0 Å². The van der Waals surface area contributed by atoms with Gasteiger partial charge in [-0.15, -0.1) is 4.91 Å². The van der Waals surface area contributed by atoms with Gasteiger partial charge in [-0.2, -0.15) is 0 Å². The van der Waals surface area contributed by atoms with Gasteiger partial charge < -0.3 is 34.7 Å². The highest BCUT2D eigenvalue weighted by Crippen LogP contribution is 2.25. The number of aliphatic hydroxyl groups excluding tert-OH is 4. The molecular weight excluding hydrogens is 286 g/mol. The third-order valence-corrected chi connectivity index (χ3v) is 3.07. The Morgan fingerprint density at radius 1 is 1.05 bits per heavy atom. The summed E-state index contributed by atoms with van der Waals surface area (Å²) < 4.78 is 10.5. The first-order chi connectivity index (χ1) is 10.1. The van der Waals surface area contributed by atoms with E-state index >= 15 is 0 Å². The minimum Gasteiger partial charge on any atom is -0.462 e. The summed E-state index contributed by atoms with van der Waals surface area (Å²) in [6.07, 6.45) is -6.76. The molecule has 0 radical (unpaired) electrons. The third-order valence-electron chi connectivity index (χ3n) is 3.07. The van der Waals surface area contributed by atoms with Crippen molar-refractivity contribution in [2.75, 3.05) is 6.61 Å². The van der Waals surface area contributed by atoms with Crippen LogP contribution in [0.3, 0.4) is 0 Å². The summed E-state index contributed by atoms with van der Waals surface area (Å²) in [4.78, 5) is 14.3. The lowest BCUT2D eigenvalue weighted by Crippen LogP contribution is -2.60. The standard InChI is InChI=1S/C12H15NO8/c14-5-8-9(15)10(16)11(17)12(20-8)19-6-1-3-7(4-2-6)21-13-18/h1-4,8-12,14-17H,5H2/t8-,9+,10+,11-,12-/m1/s1. The Kier molecular flexibility index (Phi) is 5.04. The molecule has 0 aliphatic carbocycles. The van der Waals surface area contributed by atoms with Gasteiger partial charge in [0.05, 0.1) is 6.61 Å². The number of hydrogen-bond donors (Lipinski definition) is 4. The fraction of sp³-hybridized carbons (Fsp3) is 0.500. The molecule has 2 rings (SSSR count). The molecule has 0 aromatic heterocycles. The lowest BCUT2D eigenvalue weighted by molar-refractivity contribution is -0.277. The molecule has 9 nitrogen and oxygen atoms in total. The smallest absolute Gasteiger partial charge is 0.229 e. The maximum Gasteiger partial charge on any atom is 0.229 e. The van der Waals surface area contributed by atoms with Crippen molar-refractivity contribution in [3.8, 4) is 11.5 Å². The maximum absolute atomic E-state index is 9.92. The molecule has 0 spiro atoms. The minimum atomic E-state index is -1.51. The van der Waals surface area contributed by atoms with E-state index in [1.807, 2.05) is 0 Å². The van der Waals surface area contributed by atoms with Crippen LogP contribution in [0.4, 0.5) is 0 Å². The number of hydrogen-bond acceptors (Lipinski definition) is 9. The van der Waals surface area contributed by atoms with E-state index in [0.717, 1.165) is 0 Å². The lowest BCUT2D eigenvalue weighted by Gasteiger charge is -2.39. The van der Waals surface area contributed by atoms with Gasteiger partial charge in [0.25, 0.3) is 0 Å². The second kappa shape index (κ2) is 6.78. The van der Waals surface area contributed by atoms with Gasteiger partial charge in [-0.25, -0.2) is 0 Å². The Balaban J connectivity index is 2.05. The van der Waals surface area contributed by atoms with Gasteiger partial charge in [0.2, 0.25) is 6.29 Å². The molecule has 1 fully saturated rings. The van der Waals surface area contributed by atoms with Crippen molar-refractivity contribution < 1.29 is 34.7 Å². The lowest BCUT2D eigenvalue weighted by atomic mass is 9.99. The first-order valence-electron chi connectivity index (χ1n) is 6.13. The zero-order chi connectivity index (χ0) is 15.4. The molecule has 9 heteroatoms. The van der Waals surface area contributed by atoms with Gasteiger partial charge in [0.15, 0.2) is 11.1 Å². The number of nitrogens with zero attached hydrogens (tertiary/aromatic N) is 1. The number of ether oxygens (including phenoxy) is 2. The van der Waals surface area contributed by atoms with Crippen molar-refractivity contribution in [3.63, 3.8) is 0 Å². The summed E-state index contributed by atoms with van der Waals surface area (Å²) in [7, 11) is 0. The van der Waals surface area contributed by atoms with Gasteiger partial charge in [-0.3, -0.25) is 0 Å². The second-order valence-electron chi connectivity index (χ2n) is 4.45. The molecule has 1 aromatic carbocycles. The van der Waals surface area contributed by atoms with Crippen molar-refractivity contribution >= 4 is 0 Å². The van der Waals surface area contributed by atoms with Gasteiger partial charge in [-0.1, -0.05) is 0 Å². The molecule has 4 N–H and O–H groups in total. The van der Waals surface area contributed by atoms with Crippen molar-refractivity contribution in [2.45, 2.75) is 30.7 Å². The molecule has 0 saturated carbocycles. The van der Waals surface area contributed by atoms with Crippen LogP contribution in [0.5, 0.6) is 11.5 Å². The van der Waals surface area contributed by atoms with Crippen LogP contribution < -0.4 is 9.57 Å². The molecule has 21 heavy (non-hydrogen) atoms. The van der Waals surface area contributed by atoms with Crippen LogP contribution in [-0.4, -0.2) is 57.7 Å². The zero-order valence-electron chi connectivity index (χ0n) is 10.8. The highest BCUT2D eigenvalue weighted by molar-refractivity contribution is 5.31. The Morgan fingerprint density at radius 2 is 1.67 bits per heavy atom. The normalized spacial score (nSPS) is 32.5. The topological polar surface area (TPSA) is 138 Å². The average Bonchev–Trinajstić information content (AvgIpc) is 2.50. The first-order valence-corrected chi connectivity index (χ1v) is 6.13. The molecular formula is C12H15NO8. The minimum absolute atomic E-state index is 0.200. The van der Waals surface area contributed by atoms with Gasteiger partial charge >= 0.3 is 0 Å². The molecule has 1 aliphatic heterocycles. The van der Waals surface area contributed by atoms with Crippen molar-refractivity contribution in [2.24, 2.45) is 5.34 Å². The van der Waals surface area contributed by atoms with Crippen LogP contribution in [0.15, 0.2) is 29.6 Å². The molecule has 5 atom stereocenters. The van der Waals surface area contributed by atoms with E-state index in [9.17, 15) is 20.2 Å².